The summed E-state index contributed by atoms with van der Waals surface area (Å²) in [5.74, 6) is 6.78. The summed E-state index contributed by atoms with van der Waals surface area (Å²) in [5, 5.41) is 25.1. The summed E-state index contributed by atoms with van der Waals surface area (Å²) in [4.78, 5) is 9.16. The molecule has 0 saturated heterocycles. The zero-order valence-electron chi connectivity index (χ0n) is 17.1. The topological polar surface area (TPSA) is 131 Å². The summed E-state index contributed by atoms with van der Waals surface area (Å²) < 4.78 is 19.7. The molecule has 0 bridgehead atoms. The first kappa shape index (κ1) is 22.1. The van der Waals surface area contributed by atoms with Gasteiger partial charge in [0.05, 0.1) is 28.1 Å². The first-order valence-corrected chi connectivity index (χ1v) is 11.4. The Bertz CT molecular complexity index is 1250. The van der Waals surface area contributed by atoms with Gasteiger partial charge in [0.25, 0.3) is 0 Å². The maximum Gasteiger partial charge on any atom is 0.229 e. The third kappa shape index (κ3) is 6.18. The maximum absolute atomic E-state index is 12.0. The number of rotatable bonds is 6. The number of aromatic hydroxyl groups is 1. The average molecular weight is 438 g/mol. The van der Waals surface area contributed by atoms with Crippen LogP contribution in [0.3, 0.4) is 0 Å². The molecule has 0 fully saturated rings. The number of nitrogens with one attached hydrogen (secondary N) is 3. The second kappa shape index (κ2) is 9.47. The van der Waals surface area contributed by atoms with Gasteiger partial charge in [0, 0.05) is 28.4 Å². The van der Waals surface area contributed by atoms with Crippen LogP contribution in [0.2, 0.25) is 0 Å². The molecular formula is C22H23N5O3S. The highest BCUT2D eigenvalue weighted by molar-refractivity contribution is 7.91. The van der Waals surface area contributed by atoms with Gasteiger partial charge in [0.1, 0.15) is 11.6 Å². The fourth-order valence-electron chi connectivity index (χ4n) is 2.59. The number of hydrogen-bond acceptors (Lipinski definition) is 8. The standard InChI is InChI=1S/C22H23N5O3S/c1-15(14-28)25-21-17(10-9-16-5-3-7-19(29)11-16)13-24-22(27-21)26-18-6-4-8-20(12-18)31(2,23)30/h3-8,11-13,15,23,28-29H,14H2,1-2H3,(H2,24,25,26,27)/t15-,31?/m1/s1. The monoisotopic (exact) mass is 437 g/mol. The molecule has 0 amide bonds. The minimum Gasteiger partial charge on any atom is -0.508 e. The molecule has 8 nitrogen and oxygen atoms in total. The molecule has 0 aliphatic carbocycles. The van der Waals surface area contributed by atoms with Gasteiger partial charge in [-0.3, -0.25) is 0 Å². The second-order valence-corrected chi connectivity index (χ2v) is 9.14. The molecule has 0 radical (unpaired) electrons. The highest BCUT2D eigenvalue weighted by Gasteiger charge is 2.10. The van der Waals surface area contributed by atoms with E-state index in [1.165, 1.54) is 6.26 Å². The number of benzene rings is 2. The molecule has 0 spiro atoms. The van der Waals surface area contributed by atoms with Crippen LogP contribution in [0.15, 0.2) is 59.6 Å². The van der Waals surface area contributed by atoms with Crippen molar-refractivity contribution in [3.05, 3.63) is 65.9 Å². The van der Waals surface area contributed by atoms with Crippen LogP contribution in [0.4, 0.5) is 17.5 Å². The van der Waals surface area contributed by atoms with Gasteiger partial charge in [-0.05, 0) is 43.3 Å². The highest BCUT2D eigenvalue weighted by Crippen LogP contribution is 2.21. The number of aromatic nitrogens is 2. The minimum atomic E-state index is -2.85. The fourth-order valence-corrected chi connectivity index (χ4v) is 3.28. The largest absolute Gasteiger partial charge is 0.508 e. The Kier molecular flexibility index (Phi) is 6.74. The Hall–Kier alpha value is -3.61. The van der Waals surface area contributed by atoms with Gasteiger partial charge in [-0.1, -0.05) is 24.0 Å². The summed E-state index contributed by atoms with van der Waals surface area (Å²) in [6.07, 6.45) is 2.91. The van der Waals surface area contributed by atoms with Crippen LogP contribution in [0, 0.1) is 16.6 Å². The molecule has 9 heteroatoms. The molecular weight excluding hydrogens is 414 g/mol. The first-order valence-electron chi connectivity index (χ1n) is 9.41. The SMILES string of the molecule is C[C@H](CO)Nc1nc(Nc2cccc(S(C)(=N)=O)c2)ncc1C#Cc1cccc(O)c1. The molecule has 3 rings (SSSR count). The zero-order valence-corrected chi connectivity index (χ0v) is 17.9. The van der Waals surface area contributed by atoms with Crippen LogP contribution in [0.25, 0.3) is 0 Å². The molecule has 5 N–H and O–H groups in total. The van der Waals surface area contributed by atoms with Crippen molar-refractivity contribution in [3.63, 3.8) is 0 Å². The fraction of sp³-hybridized carbons (Fsp3) is 0.182. The Morgan fingerprint density at radius 3 is 2.68 bits per heavy atom. The van der Waals surface area contributed by atoms with Crippen molar-refractivity contribution in [1.29, 1.82) is 4.78 Å². The first-order chi connectivity index (χ1) is 14.7. The van der Waals surface area contributed by atoms with E-state index in [1.807, 2.05) is 0 Å². The van der Waals surface area contributed by atoms with Crippen LogP contribution in [-0.2, 0) is 9.73 Å². The van der Waals surface area contributed by atoms with Crippen LogP contribution >= 0.6 is 0 Å². The summed E-state index contributed by atoms with van der Waals surface area (Å²) >= 11 is 0. The van der Waals surface area contributed by atoms with Gasteiger partial charge < -0.3 is 20.8 Å². The third-order valence-electron chi connectivity index (χ3n) is 4.17. The lowest BCUT2D eigenvalue weighted by Gasteiger charge is -2.14. The number of hydrogen-bond donors (Lipinski definition) is 5. The quantitative estimate of drug-likeness (QED) is 0.374. The number of anilines is 3. The van der Waals surface area contributed by atoms with Crippen molar-refractivity contribution < 1.29 is 14.4 Å². The van der Waals surface area contributed by atoms with Gasteiger partial charge in [0.2, 0.25) is 5.95 Å². The zero-order chi connectivity index (χ0) is 22.4. The van der Waals surface area contributed by atoms with Gasteiger partial charge >= 0.3 is 0 Å². The molecule has 2 aromatic carbocycles. The molecule has 160 valence electrons. The predicted octanol–water partition coefficient (Wildman–Crippen LogP) is 3.15. The summed E-state index contributed by atoms with van der Waals surface area (Å²) in [6, 6.07) is 13.1. The van der Waals surface area contributed by atoms with Crippen LogP contribution in [0.5, 0.6) is 5.75 Å². The highest BCUT2D eigenvalue weighted by atomic mass is 32.2. The number of phenolic OH excluding ortho intramolecular Hbond substituents is 1. The van der Waals surface area contributed by atoms with Gasteiger partial charge in [-0.2, -0.15) is 4.98 Å². The lowest BCUT2D eigenvalue weighted by atomic mass is 10.2. The predicted molar refractivity (Wildman–Crippen MR) is 121 cm³/mol. The van der Waals surface area contributed by atoms with E-state index in [4.69, 9.17) is 4.78 Å². The van der Waals surface area contributed by atoms with Crippen molar-refractivity contribution in [3.8, 4) is 17.6 Å². The minimum absolute atomic E-state index is 0.0946. The third-order valence-corrected chi connectivity index (χ3v) is 5.33. The summed E-state index contributed by atoms with van der Waals surface area (Å²) in [7, 11) is -2.85. The summed E-state index contributed by atoms with van der Waals surface area (Å²) in [5.41, 5.74) is 1.75. The second-order valence-electron chi connectivity index (χ2n) is 6.98. The van der Waals surface area contributed by atoms with E-state index < -0.39 is 9.73 Å². The number of aliphatic hydroxyl groups is 1. The van der Waals surface area contributed by atoms with Crippen molar-refractivity contribution in [2.45, 2.75) is 17.9 Å². The van der Waals surface area contributed by atoms with Gasteiger partial charge in [-0.25, -0.2) is 14.0 Å². The molecule has 1 heterocycles. The van der Waals surface area contributed by atoms with Crippen LogP contribution < -0.4 is 10.6 Å². The molecule has 1 unspecified atom stereocenters. The Balaban J connectivity index is 1.93. The van der Waals surface area contributed by atoms with E-state index in [0.29, 0.717) is 27.5 Å². The van der Waals surface area contributed by atoms with E-state index in [-0.39, 0.29) is 24.3 Å². The Labute approximate surface area is 181 Å². The summed E-state index contributed by atoms with van der Waals surface area (Å²) in [6.45, 7) is 1.71. The molecule has 0 aliphatic rings. The maximum atomic E-state index is 12.0. The van der Waals surface area contributed by atoms with Crippen LogP contribution in [-0.4, -0.2) is 43.3 Å². The normalized spacial score (nSPS) is 13.4. The molecule has 2 atom stereocenters. The van der Waals surface area contributed by atoms with E-state index >= 15 is 0 Å². The Morgan fingerprint density at radius 1 is 1.19 bits per heavy atom. The Morgan fingerprint density at radius 2 is 1.97 bits per heavy atom. The van der Waals surface area contributed by atoms with Crippen molar-refractivity contribution in [2.24, 2.45) is 0 Å². The van der Waals surface area contributed by atoms with Crippen molar-refractivity contribution in [2.75, 3.05) is 23.5 Å². The molecule has 1 aromatic heterocycles. The van der Waals surface area contributed by atoms with E-state index in [9.17, 15) is 14.4 Å². The molecule has 3 aromatic rings. The number of nitrogens with zero attached hydrogens (tertiary/aromatic N) is 2. The molecule has 0 aliphatic heterocycles. The lowest BCUT2D eigenvalue weighted by molar-refractivity contribution is 0.281. The van der Waals surface area contributed by atoms with Crippen molar-refractivity contribution >= 4 is 27.2 Å². The molecule has 0 saturated carbocycles. The average Bonchev–Trinajstić information content (AvgIpc) is 2.73. The van der Waals surface area contributed by atoms with Gasteiger partial charge in [-0.15, -0.1) is 0 Å². The van der Waals surface area contributed by atoms with E-state index in [2.05, 4.69) is 32.4 Å². The van der Waals surface area contributed by atoms with Gasteiger partial charge in [0.15, 0.2) is 0 Å². The van der Waals surface area contributed by atoms with Crippen LogP contribution in [0.1, 0.15) is 18.1 Å². The van der Waals surface area contributed by atoms with Crippen molar-refractivity contribution in [1.82, 2.24) is 9.97 Å². The smallest absolute Gasteiger partial charge is 0.229 e. The number of phenols is 1. The van der Waals surface area contributed by atoms with E-state index in [1.54, 1.807) is 61.7 Å². The lowest BCUT2D eigenvalue weighted by Crippen LogP contribution is -2.21. The molecule has 31 heavy (non-hydrogen) atoms. The van der Waals surface area contributed by atoms with E-state index in [0.717, 1.165) is 0 Å². The number of aliphatic hydroxyl groups excluding tert-OH is 1.